The molecule has 0 atom stereocenters. The van der Waals surface area contributed by atoms with E-state index in [9.17, 15) is 4.79 Å². The Hall–Kier alpha value is -2.56. The lowest BCUT2D eigenvalue weighted by Gasteiger charge is -2.09. The van der Waals surface area contributed by atoms with Gasteiger partial charge in [-0.1, -0.05) is 6.07 Å². The van der Waals surface area contributed by atoms with E-state index in [0.29, 0.717) is 22.9 Å². The Morgan fingerprint density at radius 2 is 1.86 bits per heavy atom. The summed E-state index contributed by atoms with van der Waals surface area (Å²) in [6.45, 7) is 0. The van der Waals surface area contributed by atoms with E-state index in [4.69, 9.17) is 14.2 Å². The van der Waals surface area contributed by atoms with Gasteiger partial charge in [-0.15, -0.1) is 0 Å². The Labute approximate surface area is 123 Å². The number of benzene rings is 1. The molecule has 0 bridgehead atoms. The molecule has 1 aromatic heterocycles. The van der Waals surface area contributed by atoms with E-state index in [2.05, 4.69) is 4.98 Å². The number of carbonyl (C=O) groups excluding carboxylic acids is 1. The highest BCUT2D eigenvalue weighted by molar-refractivity contribution is 6.00. The third kappa shape index (κ3) is 3.51. The molecule has 0 amide bonds. The van der Waals surface area contributed by atoms with E-state index in [1.807, 2.05) is 6.07 Å². The molecule has 0 fully saturated rings. The molecular formula is C16H17NO4. The van der Waals surface area contributed by atoms with Crippen molar-refractivity contribution >= 4 is 5.78 Å². The third-order valence-electron chi connectivity index (χ3n) is 3.08. The molecule has 0 aliphatic carbocycles. The molecule has 5 heteroatoms. The zero-order valence-electron chi connectivity index (χ0n) is 12.3. The lowest BCUT2D eigenvalue weighted by atomic mass is 10.0. The average molecular weight is 287 g/mol. The standard InChI is InChI=1S/C16H17NO4/c1-19-12-5-6-13(15(9-12)20-2)14(18)8-11-4-7-16(21-3)17-10-11/h4-7,9-10H,8H2,1-3H3. The van der Waals surface area contributed by atoms with Crippen LogP contribution in [0.5, 0.6) is 17.4 Å². The zero-order chi connectivity index (χ0) is 15.2. The van der Waals surface area contributed by atoms with Crippen molar-refractivity contribution in [3.8, 4) is 17.4 Å². The molecule has 2 rings (SSSR count). The van der Waals surface area contributed by atoms with Crippen molar-refractivity contribution in [2.45, 2.75) is 6.42 Å². The Bertz CT molecular complexity index is 623. The average Bonchev–Trinajstić information content (AvgIpc) is 2.54. The number of methoxy groups -OCH3 is 3. The van der Waals surface area contributed by atoms with Crippen LogP contribution in [0.15, 0.2) is 36.5 Å². The first-order valence-electron chi connectivity index (χ1n) is 6.42. The highest BCUT2D eigenvalue weighted by Crippen LogP contribution is 2.25. The molecule has 21 heavy (non-hydrogen) atoms. The lowest BCUT2D eigenvalue weighted by molar-refractivity contribution is 0.0990. The molecule has 0 saturated carbocycles. The maximum absolute atomic E-state index is 12.4. The number of rotatable bonds is 6. The molecule has 5 nitrogen and oxygen atoms in total. The van der Waals surface area contributed by atoms with Crippen LogP contribution in [0.1, 0.15) is 15.9 Å². The minimum atomic E-state index is -0.0403. The van der Waals surface area contributed by atoms with Gasteiger partial charge in [0.05, 0.1) is 26.9 Å². The summed E-state index contributed by atoms with van der Waals surface area (Å²) in [6.07, 6.45) is 1.88. The van der Waals surface area contributed by atoms with Gasteiger partial charge < -0.3 is 14.2 Å². The molecule has 0 aliphatic heterocycles. The molecule has 1 heterocycles. The fourth-order valence-electron chi connectivity index (χ4n) is 1.95. The first-order chi connectivity index (χ1) is 10.2. The largest absolute Gasteiger partial charge is 0.497 e. The molecule has 1 aromatic carbocycles. The van der Waals surface area contributed by atoms with E-state index in [-0.39, 0.29) is 12.2 Å². The van der Waals surface area contributed by atoms with Gasteiger partial charge in [0, 0.05) is 24.8 Å². The van der Waals surface area contributed by atoms with Crippen LogP contribution in [-0.4, -0.2) is 32.1 Å². The fraction of sp³-hybridized carbons (Fsp3) is 0.250. The number of ether oxygens (including phenoxy) is 3. The summed E-state index contributed by atoms with van der Waals surface area (Å²) in [5.74, 6) is 1.63. The first kappa shape index (κ1) is 14.8. The van der Waals surface area contributed by atoms with Crippen LogP contribution >= 0.6 is 0 Å². The van der Waals surface area contributed by atoms with Crippen molar-refractivity contribution in [1.82, 2.24) is 4.98 Å². The van der Waals surface area contributed by atoms with Crippen LogP contribution in [0, 0.1) is 0 Å². The summed E-state index contributed by atoms with van der Waals surface area (Å²) in [5, 5.41) is 0. The number of nitrogens with zero attached hydrogens (tertiary/aromatic N) is 1. The number of ketones is 1. The van der Waals surface area contributed by atoms with E-state index in [1.54, 1.807) is 44.7 Å². The van der Waals surface area contributed by atoms with E-state index >= 15 is 0 Å². The second-order valence-electron chi connectivity index (χ2n) is 4.37. The van der Waals surface area contributed by atoms with E-state index in [1.165, 1.54) is 7.11 Å². The quantitative estimate of drug-likeness (QED) is 0.764. The molecule has 0 saturated heterocycles. The molecule has 0 unspecified atom stereocenters. The molecule has 0 N–H and O–H groups in total. The van der Waals surface area contributed by atoms with Crippen LogP contribution in [0.3, 0.4) is 0 Å². The van der Waals surface area contributed by atoms with Crippen molar-refractivity contribution in [2.75, 3.05) is 21.3 Å². The Kier molecular flexibility index (Phi) is 4.77. The number of Topliss-reactive ketones (excluding diaryl/α,β-unsaturated/α-hetero) is 1. The van der Waals surface area contributed by atoms with Crippen LogP contribution in [0.4, 0.5) is 0 Å². The smallest absolute Gasteiger partial charge is 0.212 e. The second-order valence-corrected chi connectivity index (χ2v) is 4.37. The minimum Gasteiger partial charge on any atom is -0.497 e. The van der Waals surface area contributed by atoms with Crippen molar-refractivity contribution < 1.29 is 19.0 Å². The fourth-order valence-corrected chi connectivity index (χ4v) is 1.95. The summed E-state index contributed by atoms with van der Waals surface area (Å²) in [7, 11) is 4.65. The number of aromatic nitrogens is 1. The van der Waals surface area contributed by atoms with Crippen molar-refractivity contribution in [1.29, 1.82) is 0 Å². The van der Waals surface area contributed by atoms with Crippen LogP contribution < -0.4 is 14.2 Å². The van der Waals surface area contributed by atoms with Crippen LogP contribution in [0.2, 0.25) is 0 Å². The first-order valence-corrected chi connectivity index (χ1v) is 6.42. The Balaban J connectivity index is 2.19. The van der Waals surface area contributed by atoms with Crippen molar-refractivity contribution in [3.63, 3.8) is 0 Å². The summed E-state index contributed by atoms with van der Waals surface area (Å²) >= 11 is 0. The molecule has 0 aliphatic rings. The molecule has 0 radical (unpaired) electrons. The van der Waals surface area contributed by atoms with Gasteiger partial charge in [-0.3, -0.25) is 4.79 Å². The SMILES string of the molecule is COc1ccc(C(=O)Cc2ccc(OC)nc2)c(OC)c1. The van der Waals surface area contributed by atoms with E-state index < -0.39 is 0 Å². The minimum absolute atomic E-state index is 0.0403. The Morgan fingerprint density at radius 3 is 2.43 bits per heavy atom. The molecule has 0 spiro atoms. The highest BCUT2D eigenvalue weighted by atomic mass is 16.5. The van der Waals surface area contributed by atoms with Gasteiger partial charge in [-0.05, 0) is 17.7 Å². The van der Waals surface area contributed by atoms with Gasteiger partial charge in [-0.25, -0.2) is 4.98 Å². The molecular weight excluding hydrogens is 270 g/mol. The van der Waals surface area contributed by atoms with E-state index in [0.717, 1.165) is 5.56 Å². The van der Waals surface area contributed by atoms with Gasteiger partial charge in [0.2, 0.25) is 5.88 Å². The molecule has 110 valence electrons. The number of pyridine rings is 1. The topological polar surface area (TPSA) is 57.7 Å². The monoisotopic (exact) mass is 287 g/mol. The summed E-state index contributed by atoms with van der Waals surface area (Å²) in [4.78, 5) is 16.5. The Morgan fingerprint density at radius 1 is 1.05 bits per heavy atom. The normalized spacial score (nSPS) is 10.0. The number of hydrogen-bond acceptors (Lipinski definition) is 5. The summed E-state index contributed by atoms with van der Waals surface area (Å²) < 4.78 is 15.4. The predicted octanol–water partition coefficient (Wildman–Crippen LogP) is 2.53. The van der Waals surface area contributed by atoms with Crippen LogP contribution in [-0.2, 0) is 6.42 Å². The van der Waals surface area contributed by atoms with Gasteiger partial charge in [0.15, 0.2) is 5.78 Å². The summed E-state index contributed by atoms with van der Waals surface area (Å²) in [6, 6.07) is 8.69. The van der Waals surface area contributed by atoms with Crippen molar-refractivity contribution in [2.24, 2.45) is 0 Å². The maximum atomic E-state index is 12.4. The van der Waals surface area contributed by atoms with Gasteiger partial charge in [0.25, 0.3) is 0 Å². The maximum Gasteiger partial charge on any atom is 0.212 e. The molecule has 2 aromatic rings. The van der Waals surface area contributed by atoms with Gasteiger partial charge in [-0.2, -0.15) is 0 Å². The second kappa shape index (κ2) is 6.74. The number of carbonyl (C=O) groups is 1. The highest BCUT2D eigenvalue weighted by Gasteiger charge is 2.14. The number of hydrogen-bond donors (Lipinski definition) is 0. The van der Waals surface area contributed by atoms with Gasteiger partial charge in [0.1, 0.15) is 11.5 Å². The zero-order valence-corrected chi connectivity index (χ0v) is 12.3. The third-order valence-corrected chi connectivity index (χ3v) is 3.08. The predicted molar refractivity (Wildman–Crippen MR) is 78.4 cm³/mol. The summed E-state index contributed by atoms with van der Waals surface area (Å²) in [5.41, 5.74) is 1.34. The van der Waals surface area contributed by atoms with Crippen LogP contribution in [0.25, 0.3) is 0 Å². The van der Waals surface area contributed by atoms with Crippen molar-refractivity contribution in [3.05, 3.63) is 47.7 Å². The lowest BCUT2D eigenvalue weighted by Crippen LogP contribution is -2.06. The van der Waals surface area contributed by atoms with Gasteiger partial charge >= 0.3 is 0 Å².